The zero-order chi connectivity index (χ0) is 30.2. The van der Waals surface area contributed by atoms with Gasteiger partial charge < -0.3 is 14.5 Å². The molecule has 0 bridgehead atoms. The van der Waals surface area contributed by atoms with Gasteiger partial charge in [0.05, 0.1) is 17.5 Å². The molecule has 10 nitrogen and oxygen atoms in total. The Kier molecular flexibility index (Phi) is 7.86. The van der Waals surface area contributed by atoms with Crippen LogP contribution in [0.1, 0.15) is 16.7 Å². The van der Waals surface area contributed by atoms with Gasteiger partial charge in [0, 0.05) is 56.2 Å². The van der Waals surface area contributed by atoms with Crippen LogP contribution in [0, 0.1) is 13.8 Å². The van der Waals surface area contributed by atoms with Crippen molar-refractivity contribution >= 4 is 21.7 Å². The Hall–Kier alpha value is -4.17. The van der Waals surface area contributed by atoms with E-state index >= 15 is 0 Å². The second-order valence-electron chi connectivity index (χ2n) is 10.2. The molecule has 0 amide bonds. The number of aryl methyl sites for hydroxylation is 2. The van der Waals surface area contributed by atoms with Gasteiger partial charge in [-0.1, -0.05) is 12.1 Å². The van der Waals surface area contributed by atoms with Crippen molar-refractivity contribution in [1.82, 2.24) is 24.6 Å². The maximum atomic E-state index is 14.1. The van der Waals surface area contributed by atoms with Crippen LogP contribution in [0.2, 0.25) is 0 Å². The SMILES string of the molecule is Cc1cccc(C(F)(F)F)c1-c1nc(NS(=O)(=O)c2cnn(C)c2)nc(Oc2ccc(N3CCN(C)CC3)cc2)c1C. The van der Waals surface area contributed by atoms with Crippen LogP contribution in [0.5, 0.6) is 11.6 Å². The number of nitrogens with one attached hydrogen (secondary N) is 1. The largest absolute Gasteiger partial charge is 0.439 e. The molecule has 0 atom stereocenters. The molecule has 2 aromatic carbocycles. The number of rotatable bonds is 7. The summed E-state index contributed by atoms with van der Waals surface area (Å²) < 4.78 is 78.0. The third kappa shape index (κ3) is 6.19. The van der Waals surface area contributed by atoms with Gasteiger partial charge >= 0.3 is 6.18 Å². The number of likely N-dealkylation sites (N-methyl/N-ethyl adjacent to an activating group) is 1. The summed E-state index contributed by atoms with van der Waals surface area (Å²) in [5.41, 5.74) is 0.311. The first kappa shape index (κ1) is 29.3. The number of halogens is 3. The van der Waals surface area contributed by atoms with E-state index in [4.69, 9.17) is 4.74 Å². The Morgan fingerprint density at radius 3 is 2.26 bits per heavy atom. The number of anilines is 2. The number of nitrogens with zero attached hydrogens (tertiary/aromatic N) is 6. The van der Waals surface area contributed by atoms with E-state index < -0.39 is 27.7 Å². The molecule has 5 rings (SSSR count). The predicted octanol–water partition coefficient (Wildman–Crippen LogP) is 4.86. The number of piperazine rings is 1. The van der Waals surface area contributed by atoms with E-state index in [0.29, 0.717) is 11.3 Å². The molecule has 14 heteroatoms. The Bertz CT molecular complexity index is 1700. The second kappa shape index (κ2) is 11.2. The number of alkyl halides is 3. The van der Waals surface area contributed by atoms with Crippen LogP contribution >= 0.6 is 0 Å². The minimum Gasteiger partial charge on any atom is -0.439 e. The van der Waals surface area contributed by atoms with Crippen molar-refractivity contribution < 1.29 is 26.3 Å². The van der Waals surface area contributed by atoms with Crippen LogP contribution in [0.25, 0.3) is 11.3 Å². The molecule has 0 unspecified atom stereocenters. The zero-order valence-electron chi connectivity index (χ0n) is 23.5. The zero-order valence-corrected chi connectivity index (χ0v) is 24.3. The lowest BCUT2D eigenvalue weighted by Gasteiger charge is -2.34. The van der Waals surface area contributed by atoms with Crippen molar-refractivity contribution in [3.05, 3.63) is 71.5 Å². The first-order chi connectivity index (χ1) is 19.8. The van der Waals surface area contributed by atoms with Gasteiger partial charge in [0.15, 0.2) is 0 Å². The van der Waals surface area contributed by atoms with Crippen molar-refractivity contribution in [1.29, 1.82) is 0 Å². The highest BCUT2D eigenvalue weighted by Crippen LogP contribution is 2.41. The summed E-state index contributed by atoms with van der Waals surface area (Å²) in [7, 11) is -0.581. The molecule has 1 N–H and O–H groups in total. The van der Waals surface area contributed by atoms with E-state index in [0.717, 1.165) is 44.1 Å². The smallest absolute Gasteiger partial charge is 0.417 e. The fraction of sp³-hybridized carbons (Fsp3) is 0.321. The van der Waals surface area contributed by atoms with E-state index in [9.17, 15) is 21.6 Å². The van der Waals surface area contributed by atoms with E-state index in [2.05, 4.69) is 36.6 Å². The van der Waals surface area contributed by atoms with Crippen molar-refractivity contribution in [2.75, 3.05) is 42.8 Å². The topological polar surface area (TPSA) is 105 Å². The molecule has 0 spiro atoms. The minimum atomic E-state index is -4.69. The third-order valence-electron chi connectivity index (χ3n) is 7.05. The first-order valence-electron chi connectivity index (χ1n) is 13.1. The van der Waals surface area contributed by atoms with Crippen LogP contribution in [-0.4, -0.2) is 66.3 Å². The molecular formula is C28H30F3N7O3S. The summed E-state index contributed by atoms with van der Waals surface area (Å²) in [6.45, 7) is 6.71. The second-order valence-corrected chi connectivity index (χ2v) is 11.8. The van der Waals surface area contributed by atoms with Gasteiger partial charge in [0.1, 0.15) is 10.6 Å². The highest BCUT2D eigenvalue weighted by molar-refractivity contribution is 7.92. The highest BCUT2D eigenvalue weighted by Gasteiger charge is 2.36. The van der Waals surface area contributed by atoms with Crippen LogP contribution in [0.3, 0.4) is 0 Å². The number of aromatic nitrogens is 4. The molecule has 0 aliphatic carbocycles. The van der Waals surface area contributed by atoms with E-state index in [1.807, 2.05) is 12.1 Å². The monoisotopic (exact) mass is 601 g/mol. The molecule has 3 heterocycles. The maximum Gasteiger partial charge on any atom is 0.417 e. The molecule has 2 aromatic heterocycles. The summed E-state index contributed by atoms with van der Waals surface area (Å²) in [6, 6.07) is 11.1. The van der Waals surface area contributed by atoms with E-state index in [-0.39, 0.29) is 27.6 Å². The van der Waals surface area contributed by atoms with E-state index in [1.54, 1.807) is 19.2 Å². The third-order valence-corrected chi connectivity index (χ3v) is 8.34. The molecule has 0 radical (unpaired) electrons. The van der Waals surface area contributed by atoms with Crippen molar-refractivity contribution in [3.8, 4) is 22.9 Å². The molecule has 4 aromatic rings. The van der Waals surface area contributed by atoms with Gasteiger partial charge in [-0.3, -0.25) is 4.68 Å². The van der Waals surface area contributed by atoms with Gasteiger partial charge in [-0.25, -0.2) is 18.1 Å². The number of ether oxygens (including phenoxy) is 1. The number of sulfonamides is 1. The normalized spacial score (nSPS) is 14.7. The molecule has 1 saturated heterocycles. The summed E-state index contributed by atoms with van der Waals surface area (Å²) in [6.07, 6.45) is -2.27. The lowest BCUT2D eigenvalue weighted by atomic mass is 9.96. The first-order valence-corrected chi connectivity index (χ1v) is 14.6. The summed E-state index contributed by atoms with van der Waals surface area (Å²) in [5, 5.41) is 3.87. The predicted molar refractivity (Wildman–Crippen MR) is 152 cm³/mol. The standard InChI is InChI=1S/C28H30F3N7O3S/c1-18-6-5-7-23(28(29,30)31)24(18)25-19(2)26(34-27(33-25)35-42(39,40)22-16-32-37(4)17-22)41-21-10-8-20(9-11-21)38-14-12-36(3)13-15-38/h5-11,16-17H,12-15H2,1-4H3,(H,33,34,35). The Labute approximate surface area is 241 Å². The van der Waals surface area contributed by atoms with Crippen LogP contribution in [0.15, 0.2) is 59.8 Å². The average Bonchev–Trinajstić information content (AvgIpc) is 3.38. The number of hydrogen-bond acceptors (Lipinski definition) is 8. The lowest BCUT2D eigenvalue weighted by Crippen LogP contribution is -2.44. The van der Waals surface area contributed by atoms with Crippen molar-refractivity contribution in [3.63, 3.8) is 0 Å². The van der Waals surface area contributed by atoms with Gasteiger partial charge in [-0.05, 0) is 56.8 Å². The Morgan fingerprint density at radius 1 is 0.952 bits per heavy atom. The fourth-order valence-electron chi connectivity index (χ4n) is 4.72. The highest BCUT2D eigenvalue weighted by atomic mass is 32.2. The molecular weight excluding hydrogens is 571 g/mol. The molecule has 0 saturated carbocycles. The average molecular weight is 602 g/mol. The van der Waals surface area contributed by atoms with Gasteiger partial charge in [-0.2, -0.15) is 23.3 Å². The van der Waals surface area contributed by atoms with Gasteiger partial charge in [-0.15, -0.1) is 0 Å². The summed E-state index contributed by atoms with van der Waals surface area (Å²) >= 11 is 0. The lowest BCUT2D eigenvalue weighted by molar-refractivity contribution is -0.137. The van der Waals surface area contributed by atoms with Crippen molar-refractivity contribution in [2.45, 2.75) is 24.9 Å². The van der Waals surface area contributed by atoms with E-state index in [1.165, 1.54) is 36.9 Å². The van der Waals surface area contributed by atoms with Crippen LogP contribution < -0.4 is 14.4 Å². The van der Waals surface area contributed by atoms with Crippen LogP contribution in [-0.2, 0) is 23.2 Å². The van der Waals surface area contributed by atoms with Crippen LogP contribution in [0.4, 0.5) is 24.8 Å². The summed E-state index contributed by atoms with van der Waals surface area (Å²) in [5.74, 6) is -0.157. The fourth-order valence-corrected chi connectivity index (χ4v) is 5.65. The maximum absolute atomic E-state index is 14.1. The Balaban J connectivity index is 1.56. The number of hydrogen-bond donors (Lipinski definition) is 1. The van der Waals surface area contributed by atoms with Gasteiger partial charge in [0.25, 0.3) is 10.0 Å². The number of benzene rings is 2. The quantitative estimate of drug-likeness (QED) is 0.320. The van der Waals surface area contributed by atoms with Crippen molar-refractivity contribution in [2.24, 2.45) is 7.05 Å². The molecule has 1 aliphatic rings. The molecule has 42 heavy (non-hydrogen) atoms. The van der Waals surface area contributed by atoms with Gasteiger partial charge in [0.2, 0.25) is 11.8 Å². The molecule has 222 valence electrons. The summed E-state index contributed by atoms with van der Waals surface area (Å²) in [4.78, 5) is 12.9. The minimum absolute atomic E-state index is 0.0902. The Morgan fingerprint density at radius 2 is 1.64 bits per heavy atom. The molecule has 1 aliphatic heterocycles. The molecule has 1 fully saturated rings.